The van der Waals surface area contributed by atoms with E-state index in [1.165, 1.54) is 12.2 Å². The van der Waals surface area contributed by atoms with Crippen molar-refractivity contribution in [1.29, 1.82) is 0 Å². The Morgan fingerprint density at radius 3 is 2.61 bits per heavy atom. The summed E-state index contributed by atoms with van der Waals surface area (Å²) in [5.41, 5.74) is 3.76. The Balaban J connectivity index is 1.64. The third-order valence-electron chi connectivity index (χ3n) is 4.35. The number of nitrogens with zero attached hydrogens (tertiary/aromatic N) is 1. The lowest BCUT2D eigenvalue weighted by atomic mass is 10.1. The van der Waals surface area contributed by atoms with Crippen LogP contribution in [-0.4, -0.2) is 10.9 Å². The molecule has 0 unspecified atom stereocenters. The van der Waals surface area contributed by atoms with E-state index in [1.807, 2.05) is 43.3 Å². The van der Waals surface area contributed by atoms with Crippen LogP contribution in [-0.2, 0) is 4.79 Å². The second-order valence-electron chi connectivity index (χ2n) is 6.53. The molecule has 1 amide bonds. The second kappa shape index (κ2) is 8.95. The van der Waals surface area contributed by atoms with Gasteiger partial charge in [-0.2, -0.15) is 0 Å². The zero-order chi connectivity index (χ0) is 19.9. The highest BCUT2D eigenvalue weighted by Gasteiger charge is 2.09. The smallest absolute Gasteiger partial charge is 0.244 e. The van der Waals surface area contributed by atoms with E-state index in [4.69, 9.17) is 0 Å². The normalized spacial score (nSPS) is 12.0. The molecular formula is C23H22FN3O. The Bertz CT molecular complexity index is 986. The van der Waals surface area contributed by atoms with Crippen LogP contribution in [0.3, 0.4) is 0 Å². The van der Waals surface area contributed by atoms with Crippen LogP contribution < -0.4 is 10.6 Å². The van der Waals surface area contributed by atoms with Gasteiger partial charge in [0, 0.05) is 35.4 Å². The van der Waals surface area contributed by atoms with Crippen LogP contribution in [0, 0.1) is 12.7 Å². The summed E-state index contributed by atoms with van der Waals surface area (Å²) >= 11 is 0. The first-order valence-electron chi connectivity index (χ1n) is 9.03. The summed E-state index contributed by atoms with van der Waals surface area (Å²) in [4.78, 5) is 16.2. The molecule has 3 rings (SSSR count). The van der Waals surface area contributed by atoms with Gasteiger partial charge in [-0.1, -0.05) is 30.3 Å². The van der Waals surface area contributed by atoms with E-state index in [9.17, 15) is 9.18 Å². The predicted molar refractivity (Wildman–Crippen MR) is 111 cm³/mol. The van der Waals surface area contributed by atoms with Crippen molar-refractivity contribution in [1.82, 2.24) is 10.3 Å². The van der Waals surface area contributed by atoms with Gasteiger partial charge in [0.15, 0.2) is 0 Å². The molecule has 2 N–H and O–H groups in total. The summed E-state index contributed by atoms with van der Waals surface area (Å²) < 4.78 is 14.0. The van der Waals surface area contributed by atoms with E-state index in [-0.39, 0.29) is 17.8 Å². The zero-order valence-electron chi connectivity index (χ0n) is 15.8. The molecular weight excluding hydrogens is 353 g/mol. The van der Waals surface area contributed by atoms with Crippen molar-refractivity contribution in [2.75, 3.05) is 5.32 Å². The van der Waals surface area contributed by atoms with E-state index < -0.39 is 0 Å². The summed E-state index contributed by atoms with van der Waals surface area (Å²) in [7, 11) is 0. The minimum atomic E-state index is -0.311. The molecule has 142 valence electrons. The fourth-order valence-corrected chi connectivity index (χ4v) is 2.80. The molecule has 1 aromatic heterocycles. The molecule has 4 nitrogen and oxygen atoms in total. The number of amides is 1. The molecule has 0 saturated heterocycles. The van der Waals surface area contributed by atoms with E-state index >= 15 is 0 Å². The van der Waals surface area contributed by atoms with Crippen molar-refractivity contribution in [2.45, 2.75) is 19.9 Å². The lowest BCUT2D eigenvalue weighted by Crippen LogP contribution is -2.24. The number of halogens is 1. The maximum Gasteiger partial charge on any atom is 0.244 e. The number of hydrogen-bond acceptors (Lipinski definition) is 3. The minimum absolute atomic E-state index is 0.196. The molecule has 5 heteroatoms. The molecule has 3 aromatic rings. The van der Waals surface area contributed by atoms with Gasteiger partial charge >= 0.3 is 0 Å². The second-order valence-corrected chi connectivity index (χ2v) is 6.53. The SMILES string of the molecule is Cc1cccc(/C=C/C(=O)N[C@@H](C)c2cccc(Nc3ccncc3)c2)c1F. The number of anilines is 2. The van der Waals surface area contributed by atoms with E-state index in [2.05, 4.69) is 15.6 Å². The number of carbonyl (C=O) groups excluding carboxylic acids is 1. The van der Waals surface area contributed by atoms with Crippen molar-refractivity contribution in [2.24, 2.45) is 0 Å². The summed E-state index contributed by atoms with van der Waals surface area (Å²) in [5, 5.41) is 6.21. The Kier molecular flexibility index (Phi) is 6.17. The lowest BCUT2D eigenvalue weighted by Gasteiger charge is -2.15. The standard InChI is InChI=1S/C23H22FN3O/c1-16-5-3-6-18(23(16)24)9-10-22(28)26-17(2)19-7-4-8-21(15-19)27-20-11-13-25-14-12-20/h3-15,17H,1-2H3,(H,25,27)(H,26,28)/b10-9+/t17-/m0/s1. The highest BCUT2D eigenvalue weighted by molar-refractivity contribution is 5.92. The molecule has 0 radical (unpaired) electrons. The van der Waals surface area contributed by atoms with E-state index in [1.54, 1.807) is 37.5 Å². The van der Waals surface area contributed by atoms with Crippen molar-refractivity contribution in [3.8, 4) is 0 Å². The van der Waals surface area contributed by atoms with Gasteiger partial charge in [-0.25, -0.2) is 4.39 Å². The molecule has 0 aliphatic rings. The molecule has 0 fully saturated rings. The first-order valence-corrected chi connectivity index (χ1v) is 9.03. The van der Waals surface area contributed by atoms with Gasteiger partial charge in [0.05, 0.1) is 6.04 Å². The molecule has 0 spiro atoms. The fourth-order valence-electron chi connectivity index (χ4n) is 2.80. The minimum Gasteiger partial charge on any atom is -0.355 e. The summed E-state index contributed by atoms with van der Waals surface area (Å²) in [6.07, 6.45) is 6.29. The average molecular weight is 375 g/mol. The number of carbonyl (C=O) groups is 1. The number of pyridine rings is 1. The van der Waals surface area contributed by atoms with Gasteiger partial charge in [0.1, 0.15) is 5.82 Å². The van der Waals surface area contributed by atoms with E-state index in [0.29, 0.717) is 11.1 Å². The Morgan fingerprint density at radius 2 is 1.82 bits per heavy atom. The fraction of sp³-hybridized carbons (Fsp3) is 0.130. The number of benzene rings is 2. The third-order valence-corrected chi connectivity index (χ3v) is 4.35. The molecule has 0 aliphatic carbocycles. The quantitative estimate of drug-likeness (QED) is 0.585. The molecule has 1 heterocycles. The Morgan fingerprint density at radius 1 is 1.07 bits per heavy atom. The van der Waals surface area contributed by atoms with Crippen molar-refractivity contribution in [3.63, 3.8) is 0 Å². The van der Waals surface area contributed by atoms with Crippen LogP contribution in [0.2, 0.25) is 0 Å². The van der Waals surface area contributed by atoms with Crippen LogP contribution in [0.1, 0.15) is 29.7 Å². The van der Waals surface area contributed by atoms with Gasteiger partial charge in [-0.15, -0.1) is 0 Å². The summed E-state index contributed by atoms with van der Waals surface area (Å²) in [6, 6.07) is 16.5. The average Bonchev–Trinajstić information content (AvgIpc) is 2.70. The number of rotatable bonds is 6. The highest BCUT2D eigenvalue weighted by atomic mass is 19.1. The zero-order valence-corrected chi connectivity index (χ0v) is 15.8. The highest BCUT2D eigenvalue weighted by Crippen LogP contribution is 2.21. The van der Waals surface area contributed by atoms with Crippen molar-refractivity contribution >= 4 is 23.4 Å². The Labute approximate surface area is 164 Å². The number of aryl methyl sites for hydroxylation is 1. The summed E-state index contributed by atoms with van der Waals surface area (Å²) in [5.74, 6) is -0.588. The molecule has 2 aromatic carbocycles. The van der Waals surface area contributed by atoms with Gasteiger partial charge in [0.2, 0.25) is 5.91 Å². The molecule has 1 atom stereocenters. The first-order chi connectivity index (χ1) is 13.5. The van der Waals surface area contributed by atoms with E-state index in [0.717, 1.165) is 16.9 Å². The molecule has 28 heavy (non-hydrogen) atoms. The number of aromatic nitrogens is 1. The van der Waals surface area contributed by atoms with Crippen LogP contribution >= 0.6 is 0 Å². The predicted octanol–water partition coefficient (Wildman–Crippen LogP) is 5.16. The Hall–Kier alpha value is -3.47. The summed E-state index contributed by atoms with van der Waals surface area (Å²) in [6.45, 7) is 3.60. The monoisotopic (exact) mass is 375 g/mol. The first kappa shape index (κ1) is 19.3. The van der Waals surface area contributed by atoms with Crippen LogP contribution in [0.15, 0.2) is 73.1 Å². The lowest BCUT2D eigenvalue weighted by molar-refractivity contribution is -0.117. The molecule has 0 saturated carbocycles. The van der Waals surface area contributed by atoms with Gasteiger partial charge in [-0.3, -0.25) is 9.78 Å². The van der Waals surface area contributed by atoms with Gasteiger partial charge in [-0.05, 0) is 55.3 Å². The van der Waals surface area contributed by atoms with Crippen LogP contribution in [0.25, 0.3) is 6.08 Å². The van der Waals surface area contributed by atoms with Crippen LogP contribution in [0.5, 0.6) is 0 Å². The van der Waals surface area contributed by atoms with Crippen molar-refractivity contribution in [3.05, 3.63) is 95.6 Å². The largest absolute Gasteiger partial charge is 0.355 e. The maximum atomic E-state index is 14.0. The number of hydrogen-bond donors (Lipinski definition) is 2. The third kappa shape index (κ3) is 5.04. The molecule has 0 aliphatic heterocycles. The van der Waals surface area contributed by atoms with Crippen LogP contribution in [0.4, 0.5) is 15.8 Å². The maximum absolute atomic E-state index is 14.0. The van der Waals surface area contributed by atoms with Gasteiger partial charge < -0.3 is 10.6 Å². The van der Waals surface area contributed by atoms with Crippen molar-refractivity contribution < 1.29 is 9.18 Å². The van der Waals surface area contributed by atoms with Gasteiger partial charge in [0.25, 0.3) is 0 Å². The molecule has 0 bridgehead atoms. The topological polar surface area (TPSA) is 54.0 Å². The number of nitrogens with one attached hydrogen (secondary N) is 2.